The number of rotatable bonds is 3. The molecule has 1 aromatic heterocycles. The van der Waals surface area contributed by atoms with Gasteiger partial charge in [0.25, 0.3) is 0 Å². The molecule has 0 N–H and O–H groups in total. The van der Waals surface area contributed by atoms with Crippen LogP contribution in [0.4, 0.5) is 0 Å². The molecule has 0 spiro atoms. The normalized spacial score (nSPS) is 10.5. The van der Waals surface area contributed by atoms with Gasteiger partial charge in [0.1, 0.15) is 9.21 Å². The molecular weight excluding hydrogens is 348 g/mol. The van der Waals surface area contributed by atoms with Crippen LogP contribution in [0.5, 0.6) is 0 Å². The van der Waals surface area contributed by atoms with Crippen molar-refractivity contribution in [2.75, 3.05) is 7.11 Å². The maximum Gasteiger partial charge on any atom is 0.161 e. The summed E-state index contributed by atoms with van der Waals surface area (Å²) < 4.78 is 6.62. The molecule has 0 radical (unpaired) electrons. The Morgan fingerprint density at radius 1 is 1.12 bits per heavy atom. The van der Waals surface area contributed by atoms with Crippen LogP contribution in [0.2, 0.25) is 0 Å². The van der Waals surface area contributed by atoms with Gasteiger partial charge < -0.3 is 4.74 Å². The van der Waals surface area contributed by atoms with Crippen molar-refractivity contribution in [3.8, 4) is 11.4 Å². The number of methoxy groups -OCH3 is 1. The standard InChI is InChI=1S/C12H10Br2N2O/c1-17-7-8-3-2-4-9(5-8)12-15-10(13)6-11(14)16-12/h2-6H,7H2,1H3. The van der Waals surface area contributed by atoms with E-state index in [1.165, 1.54) is 0 Å². The quantitative estimate of drug-likeness (QED) is 0.783. The molecule has 17 heavy (non-hydrogen) atoms. The fraction of sp³-hybridized carbons (Fsp3) is 0.167. The number of benzene rings is 1. The predicted molar refractivity (Wildman–Crippen MR) is 73.6 cm³/mol. The Hall–Kier alpha value is -0.780. The molecule has 2 aromatic rings. The van der Waals surface area contributed by atoms with Crippen molar-refractivity contribution in [3.63, 3.8) is 0 Å². The summed E-state index contributed by atoms with van der Waals surface area (Å²) in [5, 5.41) is 0. The predicted octanol–water partition coefficient (Wildman–Crippen LogP) is 3.82. The number of halogens is 2. The highest BCUT2D eigenvalue weighted by Gasteiger charge is 2.05. The van der Waals surface area contributed by atoms with Crippen LogP contribution in [0, 0.1) is 0 Å². The first-order valence-corrected chi connectivity index (χ1v) is 6.56. The van der Waals surface area contributed by atoms with Gasteiger partial charge in [0, 0.05) is 18.7 Å². The van der Waals surface area contributed by atoms with Crippen molar-refractivity contribution in [2.24, 2.45) is 0 Å². The third kappa shape index (κ3) is 3.34. The third-order valence-electron chi connectivity index (χ3n) is 2.16. The minimum atomic E-state index is 0.586. The third-order valence-corrected chi connectivity index (χ3v) is 2.97. The van der Waals surface area contributed by atoms with Crippen LogP contribution in [0.3, 0.4) is 0 Å². The molecule has 0 bridgehead atoms. The van der Waals surface area contributed by atoms with Crippen molar-refractivity contribution in [3.05, 3.63) is 45.1 Å². The summed E-state index contributed by atoms with van der Waals surface area (Å²) in [6.07, 6.45) is 0. The Morgan fingerprint density at radius 2 is 1.82 bits per heavy atom. The summed E-state index contributed by atoms with van der Waals surface area (Å²) >= 11 is 6.71. The zero-order chi connectivity index (χ0) is 12.3. The minimum absolute atomic E-state index is 0.586. The molecule has 0 atom stereocenters. The van der Waals surface area contributed by atoms with Gasteiger partial charge in [-0.2, -0.15) is 0 Å². The molecule has 0 aliphatic heterocycles. The molecule has 88 valence electrons. The Morgan fingerprint density at radius 3 is 2.47 bits per heavy atom. The van der Waals surface area contributed by atoms with Crippen LogP contribution in [0.25, 0.3) is 11.4 Å². The SMILES string of the molecule is COCc1cccc(-c2nc(Br)cc(Br)n2)c1. The first-order valence-electron chi connectivity index (χ1n) is 4.97. The lowest BCUT2D eigenvalue weighted by Crippen LogP contribution is -1.93. The van der Waals surface area contributed by atoms with Gasteiger partial charge in [0.05, 0.1) is 6.61 Å². The molecule has 1 aromatic carbocycles. The van der Waals surface area contributed by atoms with Crippen LogP contribution in [-0.2, 0) is 11.3 Å². The van der Waals surface area contributed by atoms with E-state index in [0.717, 1.165) is 20.3 Å². The fourth-order valence-corrected chi connectivity index (χ4v) is 2.56. The Bertz CT molecular complexity index is 511. The first kappa shape index (κ1) is 12.7. The second-order valence-corrected chi connectivity index (χ2v) is 5.10. The van der Waals surface area contributed by atoms with Crippen LogP contribution >= 0.6 is 31.9 Å². The van der Waals surface area contributed by atoms with Crippen LogP contribution in [-0.4, -0.2) is 17.1 Å². The Balaban J connectivity index is 2.41. The van der Waals surface area contributed by atoms with E-state index >= 15 is 0 Å². The van der Waals surface area contributed by atoms with Gasteiger partial charge in [-0.15, -0.1) is 0 Å². The van der Waals surface area contributed by atoms with Gasteiger partial charge in [0.2, 0.25) is 0 Å². The van der Waals surface area contributed by atoms with Crippen LogP contribution < -0.4 is 0 Å². The summed E-state index contributed by atoms with van der Waals surface area (Å²) in [4.78, 5) is 8.68. The molecule has 0 aliphatic rings. The lowest BCUT2D eigenvalue weighted by molar-refractivity contribution is 0.185. The summed E-state index contributed by atoms with van der Waals surface area (Å²) in [7, 11) is 1.68. The smallest absolute Gasteiger partial charge is 0.161 e. The molecule has 1 heterocycles. The molecule has 0 aliphatic carbocycles. The van der Waals surface area contributed by atoms with E-state index < -0.39 is 0 Å². The van der Waals surface area contributed by atoms with Crippen molar-refractivity contribution in [1.29, 1.82) is 0 Å². The van der Waals surface area contributed by atoms with Crippen molar-refractivity contribution in [1.82, 2.24) is 9.97 Å². The van der Waals surface area contributed by atoms with Gasteiger partial charge in [0.15, 0.2) is 5.82 Å². The molecule has 0 saturated heterocycles. The maximum atomic E-state index is 5.11. The van der Waals surface area contributed by atoms with E-state index in [-0.39, 0.29) is 0 Å². The largest absolute Gasteiger partial charge is 0.380 e. The summed E-state index contributed by atoms with van der Waals surface area (Å²) in [6.45, 7) is 0.586. The number of nitrogens with zero attached hydrogens (tertiary/aromatic N) is 2. The van der Waals surface area contributed by atoms with E-state index in [1.807, 2.05) is 30.3 Å². The van der Waals surface area contributed by atoms with Crippen molar-refractivity contribution in [2.45, 2.75) is 6.61 Å². The van der Waals surface area contributed by atoms with Gasteiger partial charge in [-0.3, -0.25) is 0 Å². The highest BCUT2D eigenvalue weighted by atomic mass is 79.9. The fourth-order valence-electron chi connectivity index (χ4n) is 1.49. The molecule has 0 saturated carbocycles. The number of hydrogen-bond donors (Lipinski definition) is 0. The zero-order valence-corrected chi connectivity index (χ0v) is 12.3. The highest BCUT2D eigenvalue weighted by Crippen LogP contribution is 2.21. The van der Waals surface area contributed by atoms with Crippen LogP contribution in [0.1, 0.15) is 5.56 Å². The molecule has 0 amide bonds. The van der Waals surface area contributed by atoms with Gasteiger partial charge in [-0.1, -0.05) is 18.2 Å². The molecular formula is C12H10Br2N2O. The Labute approximate surface area is 117 Å². The topological polar surface area (TPSA) is 35.0 Å². The van der Waals surface area contributed by atoms with E-state index in [1.54, 1.807) is 7.11 Å². The number of aromatic nitrogens is 2. The second kappa shape index (κ2) is 5.71. The molecule has 3 nitrogen and oxygen atoms in total. The summed E-state index contributed by atoms with van der Waals surface area (Å²) in [5.41, 5.74) is 2.08. The molecule has 5 heteroatoms. The van der Waals surface area contributed by atoms with E-state index in [0.29, 0.717) is 12.4 Å². The summed E-state index contributed by atoms with van der Waals surface area (Å²) in [5.74, 6) is 0.684. The first-order chi connectivity index (χ1) is 8.19. The average Bonchev–Trinajstić information content (AvgIpc) is 2.28. The maximum absolute atomic E-state index is 5.11. The Kier molecular flexibility index (Phi) is 4.25. The molecule has 2 rings (SSSR count). The lowest BCUT2D eigenvalue weighted by Gasteiger charge is -2.04. The second-order valence-electron chi connectivity index (χ2n) is 3.47. The minimum Gasteiger partial charge on any atom is -0.380 e. The number of ether oxygens (including phenoxy) is 1. The highest BCUT2D eigenvalue weighted by molar-refractivity contribution is 9.11. The average molecular weight is 358 g/mol. The zero-order valence-electron chi connectivity index (χ0n) is 9.15. The molecule has 0 fully saturated rings. The molecule has 0 unspecified atom stereocenters. The van der Waals surface area contributed by atoms with E-state index in [9.17, 15) is 0 Å². The van der Waals surface area contributed by atoms with Gasteiger partial charge in [-0.25, -0.2) is 9.97 Å². The monoisotopic (exact) mass is 356 g/mol. The summed E-state index contributed by atoms with van der Waals surface area (Å²) in [6, 6.07) is 9.80. The lowest BCUT2D eigenvalue weighted by atomic mass is 10.1. The van der Waals surface area contributed by atoms with Crippen LogP contribution in [0.15, 0.2) is 39.5 Å². The van der Waals surface area contributed by atoms with Crippen molar-refractivity contribution >= 4 is 31.9 Å². The van der Waals surface area contributed by atoms with Gasteiger partial charge in [-0.05, 0) is 43.5 Å². The van der Waals surface area contributed by atoms with Gasteiger partial charge >= 0.3 is 0 Å². The van der Waals surface area contributed by atoms with E-state index in [4.69, 9.17) is 4.74 Å². The van der Waals surface area contributed by atoms with E-state index in [2.05, 4.69) is 41.8 Å². The number of hydrogen-bond acceptors (Lipinski definition) is 3. The van der Waals surface area contributed by atoms with Crippen molar-refractivity contribution < 1.29 is 4.74 Å².